The third kappa shape index (κ3) is 4.25. The summed E-state index contributed by atoms with van der Waals surface area (Å²) in [5, 5.41) is 5.90. The largest absolute Gasteiger partial charge is 0.378 e. The quantitative estimate of drug-likeness (QED) is 0.750. The lowest BCUT2D eigenvalue weighted by Gasteiger charge is -2.11. The molecule has 0 radical (unpaired) electrons. The minimum Gasteiger partial charge on any atom is -0.378 e. The van der Waals surface area contributed by atoms with Crippen molar-refractivity contribution in [3.8, 4) is 21.8 Å². The van der Waals surface area contributed by atoms with E-state index in [9.17, 15) is 4.79 Å². The molecule has 1 heterocycles. The van der Waals surface area contributed by atoms with Crippen LogP contribution in [0.3, 0.4) is 0 Å². The first-order valence-electron chi connectivity index (χ1n) is 8.10. The zero-order valence-corrected chi connectivity index (χ0v) is 15.4. The van der Waals surface area contributed by atoms with E-state index in [-0.39, 0.29) is 5.91 Å². The van der Waals surface area contributed by atoms with E-state index < -0.39 is 0 Å². The summed E-state index contributed by atoms with van der Waals surface area (Å²) in [5.41, 5.74) is 5.44. The van der Waals surface area contributed by atoms with Crippen LogP contribution in [0.4, 0.5) is 5.69 Å². The first-order chi connectivity index (χ1) is 12.0. The molecule has 0 aliphatic carbocycles. The van der Waals surface area contributed by atoms with Crippen molar-refractivity contribution in [2.75, 3.05) is 19.0 Å². The van der Waals surface area contributed by atoms with Crippen molar-refractivity contribution in [2.45, 2.75) is 13.5 Å². The summed E-state index contributed by atoms with van der Waals surface area (Å²) >= 11 is 1.65. The van der Waals surface area contributed by atoms with Crippen molar-refractivity contribution in [3.63, 3.8) is 0 Å². The van der Waals surface area contributed by atoms with Gasteiger partial charge in [0.1, 0.15) is 5.01 Å². The molecule has 0 aliphatic heterocycles. The lowest BCUT2D eigenvalue weighted by molar-refractivity contribution is -0.119. The Balaban J connectivity index is 1.75. The summed E-state index contributed by atoms with van der Waals surface area (Å²) in [4.78, 5) is 17.8. The molecule has 0 atom stereocenters. The fraction of sp³-hybridized carbons (Fsp3) is 0.200. The number of rotatable bonds is 5. The fourth-order valence-electron chi connectivity index (χ4n) is 2.46. The summed E-state index contributed by atoms with van der Waals surface area (Å²) in [6, 6.07) is 16.6. The smallest absolute Gasteiger partial charge is 0.217 e. The van der Waals surface area contributed by atoms with Crippen LogP contribution >= 0.6 is 11.3 Å². The number of carbonyl (C=O) groups excluding carboxylic acids is 1. The Bertz CT molecular complexity index is 851. The van der Waals surface area contributed by atoms with Gasteiger partial charge in [-0.3, -0.25) is 4.79 Å². The topological polar surface area (TPSA) is 45.2 Å². The molecule has 25 heavy (non-hydrogen) atoms. The summed E-state index contributed by atoms with van der Waals surface area (Å²) in [5.74, 6) is -0.0199. The van der Waals surface area contributed by atoms with E-state index in [4.69, 9.17) is 4.98 Å². The Morgan fingerprint density at radius 2 is 1.68 bits per heavy atom. The molecule has 5 heteroatoms. The molecule has 1 N–H and O–H groups in total. The monoisotopic (exact) mass is 351 g/mol. The minimum absolute atomic E-state index is 0.0199. The fourth-order valence-corrected chi connectivity index (χ4v) is 3.30. The predicted octanol–water partition coefficient (Wildman–Crippen LogP) is 4.18. The highest BCUT2D eigenvalue weighted by molar-refractivity contribution is 7.13. The molecule has 0 spiro atoms. The Morgan fingerprint density at radius 3 is 2.28 bits per heavy atom. The van der Waals surface area contributed by atoms with Gasteiger partial charge in [-0.2, -0.15) is 0 Å². The molecule has 0 saturated heterocycles. The third-order valence-corrected chi connectivity index (χ3v) is 4.82. The van der Waals surface area contributed by atoms with Crippen molar-refractivity contribution >= 4 is 22.9 Å². The van der Waals surface area contributed by atoms with Crippen LogP contribution in [-0.2, 0) is 11.3 Å². The van der Waals surface area contributed by atoms with Gasteiger partial charge >= 0.3 is 0 Å². The van der Waals surface area contributed by atoms with Crippen molar-refractivity contribution in [2.24, 2.45) is 0 Å². The number of thiazole rings is 1. The molecule has 1 aromatic heterocycles. The Kier molecular flexibility index (Phi) is 5.14. The molecule has 4 nitrogen and oxygen atoms in total. The van der Waals surface area contributed by atoms with Crippen molar-refractivity contribution < 1.29 is 4.79 Å². The number of aromatic nitrogens is 1. The van der Waals surface area contributed by atoms with Gasteiger partial charge < -0.3 is 10.2 Å². The van der Waals surface area contributed by atoms with E-state index in [1.807, 2.05) is 38.4 Å². The molecule has 0 bridgehead atoms. The Labute approximate surface area is 152 Å². The lowest BCUT2D eigenvalue weighted by Crippen LogP contribution is -2.18. The molecule has 0 saturated carbocycles. The van der Waals surface area contributed by atoms with Gasteiger partial charge in [0, 0.05) is 49.8 Å². The summed E-state index contributed by atoms with van der Waals surface area (Å²) in [6.45, 7) is 2.08. The zero-order valence-electron chi connectivity index (χ0n) is 14.6. The van der Waals surface area contributed by atoms with E-state index in [1.54, 1.807) is 11.3 Å². The van der Waals surface area contributed by atoms with Gasteiger partial charge in [-0.1, -0.05) is 24.3 Å². The highest BCUT2D eigenvalue weighted by Gasteiger charge is 2.07. The molecule has 0 unspecified atom stereocenters. The van der Waals surface area contributed by atoms with Crippen LogP contribution in [0.1, 0.15) is 12.5 Å². The maximum atomic E-state index is 11.0. The van der Waals surface area contributed by atoms with Crippen LogP contribution < -0.4 is 10.2 Å². The van der Waals surface area contributed by atoms with Crippen LogP contribution in [-0.4, -0.2) is 25.0 Å². The normalized spacial score (nSPS) is 10.5. The molecule has 0 fully saturated rings. The minimum atomic E-state index is -0.0199. The number of nitrogens with zero attached hydrogens (tertiary/aromatic N) is 2. The number of hydrogen-bond acceptors (Lipinski definition) is 4. The van der Waals surface area contributed by atoms with Gasteiger partial charge in [0.2, 0.25) is 5.91 Å². The van der Waals surface area contributed by atoms with Gasteiger partial charge in [0.05, 0.1) is 5.69 Å². The average Bonchev–Trinajstić information content (AvgIpc) is 3.10. The summed E-state index contributed by atoms with van der Waals surface area (Å²) < 4.78 is 0. The van der Waals surface area contributed by atoms with Gasteiger partial charge in [-0.05, 0) is 29.8 Å². The highest BCUT2D eigenvalue weighted by Crippen LogP contribution is 2.30. The number of hydrogen-bond donors (Lipinski definition) is 1. The second kappa shape index (κ2) is 7.49. The molecule has 0 aliphatic rings. The zero-order chi connectivity index (χ0) is 17.8. The average molecular weight is 351 g/mol. The number of nitrogens with one attached hydrogen (secondary N) is 1. The van der Waals surface area contributed by atoms with Crippen LogP contribution in [0.25, 0.3) is 21.8 Å². The standard InChI is InChI=1S/C20H21N3OS/c1-14(24)21-12-15-4-6-16(7-5-15)19-13-25-20(22-19)17-8-10-18(11-9-17)23(2)3/h4-11,13H,12H2,1-3H3,(H,21,24). The number of anilines is 1. The van der Waals surface area contributed by atoms with Crippen LogP contribution in [0.2, 0.25) is 0 Å². The molecular formula is C20H21N3OS. The molecule has 3 aromatic rings. The second-order valence-corrected chi connectivity index (χ2v) is 6.94. The molecule has 128 valence electrons. The van der Waals surface area contributed by atoms with Gasteiger partial charge in [0.15, 0.2) is 0 Å². The van der Waals surface area contributed by atoms with Crippen molar-refractivity contribution in [1.82, 2.24) is 10.3 Å². The van der Waals surface area contributed by atoms with E-state index in [0.29, 0.717) is 6.54 Å². The van der Waals surface area contributed by atoms with Gasteiger partial charge in [-0.25, -0.2) is 4.98 Å². The second-order valence-electron chi connectivity index (χ2n) is 6.09. The van der Waals surface area contributed by atoms with Crippen LogP contribution in [0, 0.1) is 0 Å². The number of benzene rings is 2. The Morgan fingerprint density at radius 1 is 1.04 bits per heavy atom. The predicted molar refractivity (Wildman–Crippen MR) is 105 cm³/mol. The number of carbonyl (C=O) groups is 1. The van der Waals surface area contributed by atoms with E-state index >= 15 is 0 Å². The molecule has 1 amide bonds. The summed E-state index contributed by atoms with van der Waals surface area (Å²) in [7, 11) is 4.07. The van der Waals surface area contributed by atoms with Gasteiger partial charge in [0.25, 0.3) is 0 Å². The van der Waals surface area contributed by atoms with Gasteiger partial charge in [-0.15, -0.1) is 11.3 Å². The van der Waals surface area contributed by atoms with Crippen molar-refractivity contribution in [3.05, 3.63) is 59.5 Å². The van der Waals surface area contributed by atoms with Crippen LogP contribution in [0.15, 0.2) is 53.9 Å². The molecule has 3 rings (SSSR count). The first kappa shape index (κ1) is 17.2. The molecular weight excluding hydrogens is 330 g/mol. The third-order valence-electron chi connectivity index (χ3n) is 3.93. The Hall–Kier alpha value is -2.66. The van der Waals surface area contributed by atoms with Crippen molar-refractivity contribution in [1.29, 1.82) is 0 Å². The first-order valence-corrected chi connectivity index (χ1v) is 8.98. The highest BCUT2D eigenvalue weighted by atomic mass is 32.1. The van der Waals surface area contributed by atoms with Crippen LogP contribution in [0.5, 0.6) is 0 Å². The van der Waals surface area contributed by atoms with E-state index in [1.165, 1.54) is 12.6 Å². The number of amides is 1. The SMILES string of the molecule is CC(=O)NCc1ccc(-c2csc(-c3ccc(N(C)C)cc3)n2)cc1. The van der Waals surface area contributed by atoms with E-state index in [0.717, 1.165) is 27.4 Å². The summed E-state index contributed by atoms with van der Waals surface area (Å²) in [6.07, 6.45) is 0. The molecule has 2 aromatic carbocycles. The van der Waals surface area contributed by atoms with E-state index in [2.05, 4.69) is 39.9 Å². The maximum Gasteiger partial charge on any atom is 0.217 e. The maximum absolute atomic E-state index is 11.0. The lowest BCUT2D eigenvalue weighted by atomic mass is 10.1.